The molecule has 25 heavy (non-hydrogen) atoms. The van der Waals surface area contributed by atoms with Crippen LogP contribution in [0.4, 0.5) is 5.69 Å². The topological polar surface area (TPSA) is 81.0 Å². The van der Waals surface area contributed by atoms with Gasteiger partial charge in [0.1, 0.15) is 0 Å². The molecule has 2 aromatic heterocycles. The van der Waals surface area contributed by atoms with E-state index in [4.69, 9.17) is 0 Å². The average Bonchev–Trinajstić information content (AvgIpc) is 3.32. The van der Waals surface area contributed by atoms with Crippen LogP contribution in [-0.4, -0.2) is 33.4 Å². The molecule has 130 valence electrons. The lowest BCUT2D eigenvalue weighted by Gasteiger charge is -2.29. The fourth-order valence-electron chi connectivity index (χ4n) is 3.55. The summed E-state index contributed by atoms with van der Waals surface area (Å²) in [4.78, 5) is 33.1. The summed E-state index contributed by atoms with van der Waals surface area (Å²) in [6.07, 6.45) is 2.20. The lowest BCUT2D eigenvalue weighted by Crippen LogP contribution is -2.41. The molecule has 4 rings (SSSR count). The van der Waals surface area contributed by atoms with E-state index < -0.39 is 0 Å². The fourth-order valence-corrected chi connectivity index (χ4v) is 4.43. The summed E-state index contributed by atoms with van der Waals surface area (Å²) in [6.45, 7) is 2.89. The molecule has 1 aliphatic rings. The van der Waals surface area contributed by atoms with Crippen molar-refractivity contribution in [3.8, 4) is 0 Å². The molecule has 0 bridgehead atoms. The van der Waals surface area contributed by atoms with Gasteiger partial charge in [-0.2, -0.15) is 0 Å². The van der Waals surface area contributed by atoms with Crippen molar-refractivity contribution in [3.05, 3.63) is 51.1 Å². The summed E-state index contributed by atoms with van der Waals surface area (Å²) in [5.41, 5.74) is 1.86. The van der Waals surface area contributed by atoms with Crippen LogP contribution in [0.3, 0.4) is 0 Å². The van der Waals surface area contributed by atoms with Gasteiger partial charge in [-0.1, -0.05) is 6.07 Å². The highest BCUT2D eigenvalue weighted by Crippen LogP contribution is 2.36. The van der Waals surface area contributed by atoms with Gasteiger partial charge in [0.2, 0.25) is 5.91 Å². The van der Waals surface area contributed by atoms with E-state index in [1.165, 1.54) is 4.88 Å². The minimum atomic E-state index is -0.247. The minimum Gasteiger partial charge on any atom is -0.325 e. The van der Waals surface area contributed by atoms with E-state index in [0.717, 1.165) is 24.9 Å². The van der Waals surface area contributed by atoms with Crippen LogP contribution in [0, 0.1) is 0 Å². The Balaban J connectivity index is 1.50. The van der Waals surface area contributed by atoms with E-state index in [9.17, 15) is 9.59 Å². The van der Waals surface area contributed by atoms with Gasteiger partial charge in [0.15, 0.2) is 0 Å². The van der Waals surface area contributed by atoms with Gasteiger partial charge in [-0.3, -0.25) is 9.69 Å². The third kappa shape index (κ3) is 3.12. The molecule has 2 atom stereocenters. The maximum Gasteiger partial charge on any atom is 0.323 e. The SMILES string of the molecule is C[C@H](C(=O)Nc1ccc2[nH]c(=O)[nH]c2c1)N1CCC[C@@H]1c1cccs1. The first-order valence-corrected chi connectivity index (χ1v) is 9.32. The van der Waals surface area contributed by atoms with Crippen LogP contribution in [-0.2, 0) is 4.79 Å². The number of thiophene rings is 1. The monoisotopic (exact) mass is 356 g/mol. The quantitative estimate of drug-likeness (QED) is 0.672. The lowest BCUT2D eigenvalue weighted by atomic mass is 10.1. The standard InChI is InChI=1S/C18H20N4O2S/c1-11(22-8-2-4-15(22)16-5-3-9-25-16)17(23)19-12-6-7-13-14(10-12)21-18(24)20-13/h3,5-7,9-11,15H,2,4,8H2,1H3,(H,19,23)(H2,20,21,24)/t11-,15-/m1/s1. The number of rotatable bonds is 4. The van der Waals surface area contributed by atoms with Crippen molar-refractivity contribution in [2.75, 3.05) is 11.9 Å². The largest absolute Gasteiger partial charge is 0.325 e. The maximum absolute atomic E-state index is 12.7. The number of anilines is 1. The number of likely N-dealkylation sites (tertiary alicyclic amines) is 1. The summed E-state index contributed by atoms with van der Waals surface area (Å²) in [7, 11) is 0. The van der Waals surface area contributed by atoms with E-state index in [0.29, 0.717) is 17.2 Å². The van der Waals surface area contributed by atoms with Crippen molar-refractivity contribution in [2.45, 2.75) is 31.8 Å². The summed E-state index contributed by atoms with van der Waals surface area (Å²) < 4.78 is 0. The Morgan fingerprint density at radius 3 is 2.96 bits per heavy atom. The van der Waals surface area contributed by atoms with Gasteiger partial charge in [-0.05, 0) is 56.0 Å². The van der Waals surface area contributed by atoms with Gasteiger partial charge in [-0.25, -0.2) is 4.79 Å². The number of fused-ring (bicyclic) bond motifs is 1. The maximum atomic E-state index is 12.7. The first kappa shape index (κ1) is 16.1. The molecule has 3 aromatic rings. The number of benzene rings is 1. The number of hydrogen-bond acceptors (Lipinski definition) is 4. The predicted molar refractivity (Wildman–Crippen MR) is 100 cm³/mol. The van der Waals surface area contributed by atoms with Crippen molar-refractivity contribution in [3.63, 3.8) is 0 Å². The molecule has 0 spiro atoms. The zero-order valence-electron chi connectivity index (χ0n) is 13.9. The van der Waals surface area contributed by atoms with Crippen LogP contribution < -0.4 is 11.0 Å². The molecule has 0 saturated carbocycles. The number of amides is 1. The highest BCUT2D eigenvalue weighted by Gasteiger charge is 2.33. The van der Waals surface area contributed by atoms with Gasteiger partial charge in [0.05, 0.1) is 17.1 Å². The Kier molecular flexibility index (Phi) is 4.19. The number of aromatic amines is 2. The van der Waals surface area contributed by atoms with Crippen molar-refractivity contribution < 1.29 is 4.79 Å². The van der Waals surface area contributed by atoms with Crippen molar-refractivity contribution in [1.29, 1.82) is 0 Å². The third-order valence-corrected chi connectivity index (χ3v) is 5.80. The molecule has 1 amide bonds. The van der Waals surface area contributed by atoms with Crippen molar-refractivity contribution in [1.82, 2.24) is 14.9 Å². The first-order chi connectivity index (χ1) is 12.1. The molecule has 0 aliphatic carbocycles. The number of carbonyl (C=O) groups excluding carboxylic acids is 1. The molecule has 1 aliphatic heterocycles. The van der Waals surface area contributed by atoms with E-state index >= 15 is 0 Å². The number of hydrogen-bond donors (Lipinski definition) is 3. The molecule has 1 aromatic carbocycles. The Labute approximate surface area is 148 Å². The number of aromatic nitrogens is 2. The second kappa shape index (κ2) is 6.50. The van der Waals surface area contributed by atoms with Crippen LogP contribution in [0.1, 0.15) is 30.7 Å². The molecule has 6 nitrogen and oxygen atoms in total. The Bertz CT molecular complexity index is 944. The molecule has 3 N–H and O–H groups in total. The Morgan fingerprint density at radius 2 is 2.16 bits per heavy atom. The highest BCUT2D eigenvalue weighted by molar-refractivity contribution is 7.10. The predicted octanol–water partition coefficient (Wildman–Crippen LogP) is 3.08. The van der Waals surface area contributed by atoms with Crippen LogP contribution in [0.5, 0.6) is 0 Å². The second-order valence-corrected chi connectivity index (χ2v) is 7.40. The van der Waals surface area contributed by atoms with E-state index in [2.05, 4.69) is 37.7 Å². The van der Waals surface area contributed by atoms with Crippen LogP contribution in [0.25, 0.3) is 11.0 Å². The number of nitrogens with one attached hydrogen (secondary N) is 3. The van der Waals surface area contributed by atoms with E-state index in [1.54, 1.807) is 29.5 Å². The fraction of sp³-hybridized carbons (Fsp3) is 0.333. The molecule has 7 heteroatoms. The van der Waals surface area contributed by atoms with Crippen LogP contribution in [0.2, 0.25) is 0 Å². The smallest absolute Gasteiger partial charge is 0.323 e. The zero-order chi connectivity index (χ0) is 17.4. The number of nitrogens with zero attached hydrogens (tertiary/aromatic N) is 1. The highest BCUT2D eigenvalue weighted by atomic mass is 32.1. The molecule has 3 heterocycles. The van der Waals surface area contributed by atoms with Gasteiger partial charge in [0.25, 0.3) is 0 Å². The van der Waals surface area contributed by atoms with Crippen molar-refractivity contribution >= 4 is 34.0 Å². The van der Waals surface area contributed by atoms with Gasteiger partial charge < -0.3 is 15.3 Å². The summed E-state index contributed by atoms with van der Waals surface area (Å²) in [6, 6.07) is 9.69. The second-order valence-electron chi connectivity index (χ2n) is 6.42. The van der Waals surface area contributed by atoms with E-state index in [1.807, 2.05) is 6.92 Å². The minimum absolute atomic E-state index is 0.0271. The van der Waals surface area contributed by atoms with Gasteiger partial charge >= 0.3 is 5.69 Å². The van der Waals surface area contributed by atoms with Gasteiger partial charge in [0, 0.05) is 16.6 Å². The number of carbonyl (C=O) groups is 1. The number of H-pyrrole nitrogens is 2. The lowest BCUT2D eigenvalue weighted by molar-refractivity contribution is -0.121. The molecule has 1 fully saturated rings. The summed E-state index contributed by atoms with van der Waals surface area (Å²) in [5.74, 6) is -0.0271. The zero-order valence-corrected chi connectivity index (χ0v) is 14.7. The number of imidazole rings is 1. The molecular formula is C18H20N4O2S. The van der Waals surface area contributed by atoms with Gasteiger partial charge in [-0.15, -0.1) is 11.3 Å². The summed E-state index contributed by atoms with van der Waals surface area (Å²) in [5, 5.41) is 5.06. The van der Waals surface area contributed by atoms with Crippen LogP contribution in [0.15, 0.2) is 40.5 Å². The third-order valence-electron chi connectivity index (χ3n) is 4.83. The molecule has 1 saturated heterocycles. The normalized spacial score (nSPS) is 19.3. The first-order valence-electron chi connectivity index (χ1n) is 8.44. The molecule has 0 radical (unpaired) electrons. The van der Waals surface area contributed by atoms with Crippen molar-refractivity contribution in [2.24, 2.45) is 0 Å². The van der Waals surface area contributed by atoms with Crippen LogP contribution >= 0.6 is 11.3 Å². The Hall–Kier alpha value is -2.38. The summed E-state index contributed by atoms with van der Waals surface area (Å²) >= 11 is 1.75. The van der Waals surface area contributed by atoms with E-state index in [-0.39, 0.29) is 17.6 Å². The molecular weight excluding hydrogens is 336 g/mol. The Morgan fingerprint density at radius 1 is 1.32 bits per heavy atom. The molecule has 0 unspecified atom stereocenters. The average molecular weight is 356 g/mol.